The molecule has 0 radical (unpaired) electrons. The van der Waals surface area contributed by atoms with Gasteiger partial charge >= 0.3 is 0 Å². The molecule has 5 heteroatoms. The zero-order valence-electron chi connectivity index (χ0n) is 12.9. The molecule has 1 aromatic heterocycles. The Morgan fingerprint density at radius 1 is 1.35 bits per heavy atom. The Hall–Kier alpha value is -2.27. The van der Waals surface area contributed by atoms with Gasteiger partial charge in [-0.25, -0.2) is 4.39 Å². The molecule has 3 rings (SSSR count). The van der Waals surface area contributed by atoms with Gasteiger partial charge < -0.3 is 10.4 Å². The van der Waals surface area contributed by atoms with Crippen molar-refractivity contribution < 1.29 is 14.3 Å². The number of hydrogen-bond acceptors (Lipinski definition) is 3. The highest BCUT2D eigenvalue weighted by Crippen LogP contribution is 2.37. The predicted molar refractivity (Wildman–Crippen MR) is 84.3 cm³/mol. The highest BCUT2D eigenvalue weighted by atomic mass is 19.1. The lowest BCUT2D eigenvalue weighted by Gasteiger charge is -2.37. The molecule has 0 aliphatic heterocycles. The average molecular weight is 314 g/mol. The molecule has 1 aromatic carbocycles. The topological polar surface area (TPSA) is 62.2 Å². The van der Waals surface area contributed by atoms with E-state index in [1.54, 1.807) is 13.1 Å². The van der Waals surface area contributed by atoms with Gasteiger partial charge in [-0.05, 0) is 61.6 Å². The summed E-state index contributed by atoms with van der Waals surface area (Å²) in [6, 6.07) is 9.43. The molecule has 1 amide bonds. The fourth-order valence-electron chi connectivity index (χ4n) is 3.00. The average Bonchev–Trinajstić information content (AvgIpc) is 2.50. The smallest absolute Gasteiger partial charge is 0.252 e. The molecule has 0 bridgehead atoms. The quantitative estimate of drug-likeness (QED) is 0.912. The van der Waals surface area contributed by atoms with Crippen LogP contribution in [0.1, 0.15) is 40.5 Å². The van der Waals surface area contributed by atoms with Gasteiger partial charge in [0.15, 0.2) is 0 Å². The van der Waals surface area contributed by atoms with Crippen molar-refractivity contribution in [1.29, 1.82) is 0 Å². The number of nitrogens with one attached hydrogen (secondary N) is 1. The molecule has 0 saturated heterocycles. The lowest BCUT2D eigenvalue weighted by atomic mass is 9.76. The van der Waals surface area contributed by atoms with Crippen LogP contribution in [0.5, 0.6) is 0 Å². The number of aliphatic hydroxyl groups is 1. The fourth-order valence-corrected chi connectivity index (χ4v) is 3.00. The van der Waals surface area contributed by atoms with Crippen LogP contribution in [0, 0.1) is 18.7 Å². The van der Waals surface area contributed by atoms with Gasteiger partial charge in [-0.3, -0.25) is 9.78 Å². The van der Waals surface area contributed by atoms with Crippen molar-refractivity contribution in [3.63, 3.8) is 0 Å². The summed E-state index contributed by atoms with van der Waals surface area (Å²) in [6.07, 6.45) is 2.66. The van der Waals surface area contributed by atoms with Crippen molar-refractivity contribution in [1.82, 2.24) is 10.3 Å². The zero-order valence-corrected chi connectivity index (χ0v) is 12.9. The summed E-state index contributed by atoms with van der Waals surface area (Å²) in [5.41, 5.74) is 1.82. The first-order valence-corrected chi connectivity index (χ1v) is 7.70. The van der Waals surface area contributed by atoms with Gasteiger partial charge in [-0.2, -0.15) is 0 Å². The second-order valence-corrected chi connectivity index (χ2v) is 6.05. The van der Waals surface area contributed by atoms with E-state index in [9.17, 15) is 14.3 Å². The van der Waals surface area contributed by atoms with Crippen LogP contribution in [0.15, 0.2) is 42.6 Å². The number of hydrogen-bond donors (Lipinski definition) is 2. The molecule has 2 aromatic rings. The van der Waals surface area contributed by atoms with Gasteiger partial charge in [-0.15, -0.1) is 0 Å². The number of aromatic nitrogens is 1. The maximum atomic E-state index is 13.2. The minimum atomic E-state index is -0.359. The first-order chi connectivity index (χ1) is 11.0. The molecule has 4 nitrogen and oxygen atoms in total. The van der Waals surface area contributed by atoms with E-state index in [0.717, 1.165) is 5.69 Å². The monoisotopic (exact) mass is 314 g/mol. The minimum absolute atomic E-state index is 0.157. The molecular weight excluding hydrogens is 295 g/mol. The maximum absolute atomic E-state index is 13.2. The summed E-state index contributed by atoms with van der Waals surface area (Å²) >= 11 is 0. The van der Waals surface area contributed by atoms with Crippen LogP contribution in [0.2, 0.25) is 0 Å². The molecule has 0 spiro atoms. The number of aliphatic hydroxyl groups excluding tert-OH is 1. The molecule has 1 heterocycles. The van der Waals surface area contributed by atoms with Crippen LogP contribution in [0.4, 0.5) is 4.39 Å². The Balaban J connectivity index is 1.82. The van der Waals surface area contributed by atoms with E-state index in [1.807, 2.05) is 18.2 Å². The van der Waals surface area contributed by atoms with Crippen molar-refractivity contribution in [3.05, 3.63) is 65.2 Å². The lowest BCUT2D eigenvalue weighted by Crippen LogP contribution is -2.41. The van der Waals surface area contributed by atoms with Gasteiger partial charge in [0.1, 0.15) is 5.82 Å². The Morgan fingerprint density at radius 3 is 2.74 bits per heavy atom. The van der Waals surface area contributed by atoms with Crippen LogP contribution in [0.25, 0.3) is 0 Å². The number of carbonyl (C=O) groups is 1. The van der Waals surface area contributed by atoms with E-state index in [-0.39, 0.29) is 29.8 Å². The number of nitrogens with zero attached hydrogens (tertiary/aromatic N) is 1. The zero-order chi connectivity index (χ0) is 16.4. The number of pyridine rings is 1. The summed E-state index contributed by atoms with van der Waals surface area (Å²) in [5, 5.41) is 12.6. The molecule has 1 aliphatic carbocycles. The highest BCUT2D eigenvalue weighted by Gasteiger charge is 2.36. The van der Waals surface area contributed by atoms with Gasteiger partial charge in [0.25, 0.3) is 5.91 Å². The Labute approximate surface area is 134 Å². The third kappa shape index (κ3) is 3.40. The molecule has 120 valence electrons. The Morgan fingerprint density at radius 2 is 2.13 bits per heavy atom. The third-order valence-electron chi connectivity index (χ3n) is 4.35. The maximum Gasteiger partial charge on any atom is 0.252 e. The molecule has 1 saturated carbocycles. The Kier molecular flexibility index (Phi) is 4.39. The van der Waals surface area contributed by atoms with E-state index in [4.69, 9.17) is 0 Å². The van der Waals surface area contributed by atoms with Gasteiger partial charge in [0.05, 0.1) is 17.8 Å². The van der Waals surface area contributed by atoms with Crippen molar-refractivity contribution in [2.45, 2.75) is 31.9 Å². The number of amides is 1. The molecule has 1 fully saturated rings. The van der Waals surface area contributed by atoms with E-state index in [0.29, 0.717) is 24.0 Å². The first-order valence-electron chi connectivity index (χ1n) is 7.70. The standard InChI is InChI=1S/C18H19FN2O2/c1-11-8-13(19)5-6-15(11)18(23)21-17(12-9-14(22)10-12)16-4-2-3-7-20-16/h2-8,12,14,17,22H,9-10H2,1H3,(H,21,23). The van der Waals surface area contributed by atoms with Crippen LogP contribution in [0.3, 0.4) is 0 Å². The summed E-state index contributed by atoms with van der Waals surface area (Å²) in [4.78, 5) is 16.9. The van der Waals surface area contributed by atoms with E-state index >= 15 is 0 Å². The van der Waals surface area contributed by atoms with Crippen molar-refractivity contribution in [2.75, 3.05) is 0 Å². The third-order valence-corrected chi connectivity index (χ3v) is 4.35. The number of halogens is 1. The number of benzene rings is 1. The summed E-state index contributed by atoms with van der Waals surface area (Å²) in [5.74, 6) is -0.452. The first kappa shape index (κ1) is 15.6. The SMILES string of the molecule is Cc1cc(F)ccc1C(=O)NC(c1ccccn1)C1CC(O)C1. The predicted octanol–water partition coefficient (Wildman–Crippen LogP) is 2.77. The second-order valence-electron chi connectivity index (χ2n) is 6.05. The molecule has 23 heavy (non-hydrogen) atoms. The molecule has 1 aliphatic rings. The van der Waals surface area contributed by atoms with Crippen molar-refractivity contribution >= 4 is 5.91 Å². The van der Waals surface area contributed by atoms with E-state index in [1.165, 1.54) is 18.2 Å². The lowest BCUT2D eigenvalue weighted by molar-refractivity contribution is 0.0228. The fraction of sp³-hybridized carbons (Fsp3) is 0.333. The van der Waals surface area contributed by atoms with E-state index in [2.05, 4.69) is 10.3 Å². The molecular formula is C18H19FN2O2. The highest BCUT2D eigenvalue weighted by molar-refractivity contribution is 5.95. The molecule has 2 N–H and O–H groups in total. The number of aryl methyl sites for hydroxylation is 1. The van der Waals surface area contributed by atoms with E-state index < -0.39 is 0 Å². The minimum Gasteiger partial charge on any atom is -0.393 e. The van der Waals surface area contributed by atoms with Crippen LogP contribution in [-0.4, -0.2) is 22.1 Å². The largest absolute Gasteiger partial charge is 0.393 e. The number of rotatable bonds is 4. The Bertz CT molecular complexity index is 699. The molecule has 1 atom stereocenters. The summed E-state index contributed by atoms with van der Waals surface area (Å²) in [7, 11) is 0. The van der Waals surface area contributed by atoms with Gasteiger partial charge in [-0.1, -0.05) is 6.07 Å². The van der Waals surface area contributed by atoms with Crippen molar-refractivity contribution in [2.24, 2.45) is 5.92 Å². The van der Waals surface area contributed by atoms with Gasteiger partial charge in [0, 0.05) is 11.8 Å². The molecule has 1 unspecified atom stereocenters. The van der Waals surface area contributed by atoms with Crippen LogP contribution < -0.4 is 5.32 Å². The normalized spacial score (nSPS) is 21.3. The van der Waals surface area contributed by atoms with Crippen molar-refractivity contribution in [3.8, 4) is 0 Å². The van der Waals surface area contributed by atoms with Crippen LogP contribution in [-0.2, 0) is 0 Å². The number of carbonyl (C=O) groups excluding carboxylic acids is 1. The van der Waals surface area contributed by atoms with Crippen LogP contribution >= 0.6 is 0 Å². The second kappa shape index (κ2) is 6.46. The summed E-state index contributed by atoms with van der Waals surface area (Å²) < 4.78 is 13.2. The van der Waals surface area contributed by atoms with Gasteiger partial charge in [0.2, 0.25) is 0 Å². The summed E-state index contributed by atoms with van der Waals surface area (Å²) in [6.45, 7) is 1.71.